The summed E-state index contributed by atoms with van der Waals surface area (Å²) >= 11 is 0. The van der Waals surface area contributed by atoms with Gasteiger partial charge in [-0.2, -0.15) is 5.26 Å². The van der Waals surface area contributed by atoms with Gasteiger partial charge in [0.05, 0.1) is 49.0 Å². The highest BCUT2D eigenvalue weighted by Gasteiger charge is 2.33. The molecule has 0 bridgehead atoms. The number of nitrogens with zero attached hydrogens (tertiary/aromatic N) is 6. The lowest BCUT2D eigenvalue weighted by molar-refractivity contribution is -0.00303. The van der Waals surface area contributed by atoms with Gasteiger partial charge in [-0.1, -0.05) is 11.3 Å². The van der Waals surface area contributed by atoms with Crippen LogP contribution >= 0.6 is 0 Å². The van der Waals surface area contributed by atoms with Crippen LogP contribution in [0.4, 0.5) is 14.9 Å². The zero-order valence-electron chi connectivity index (χ0n) is 18.4. The smallest absolute Gasteiger partial charge is 0.414 e. The number of cyclic esters (lactones) is 1. The summed E-state index contributed by atoms with van der Waals surface area (Å²) in [5, 5.41) is 16.1. The quantitative estimate of drug-likeness (QED) is 0.486. The Morgan fingerprint density at radius 3 is 2.97 bits per heavy atom. The van der Waals surface area contributed by atoms with Crippen molar-refractivity contribution in [2.45, 2.75) is 18.8 Å². The van der Waals surface area contributed by atoms with E-state index >= 15 is 4.39 Å². The Kier molecular flexibility index (Phi) is 6.34. The molecule has 2 aliphatic heterocycles. The Morgan fingerprint density at radius 1 is 1.31 bits per heavy atom. The van der Waals surface area contributed by atoms with E-state index in [9.17, 15) is 4.79 Å². The molecule has 1 aromatic carbocycles. The number of ether oxygens (including phenoxy) is 2. The van der Waals surface area contributed by atoms with Crippen molar-refractivity contribution in [1.82, 2.24) is 25.5 Å². The van der Waals surface area contributed by atoms with E-state index in [1.807, 2.05) is 6.07 Å². The molecule has 0 saturated carbocycles. The number of nitrogens with one attached hydrogen (secondary N) is 1. The number of carbonyl (C=O) groups is 1. The Labute approximate surface area is 199 Å². The molecule has 0 aliphatic carbocycles. The molecule has 0 spiro atoms. The van der Waals surface area contributed by atoms with E-state index in [0.29, 0.717) is 34.8 Å². The van der Waals surface area contributed by atoms with Gasteiger partial charge in [-0.15, -0.1) is 5.10 Å². The van der Waals surface area contributed by atoms with Gasteiger partial charge < -0.3 is 9.47 Å². The minimum atomic E-state index is -0.538. The summed E-state index contributed by atoms with van der Waals surface area (Å²) in [4.78, 5) is 23.5. The van der Waals surface area contributed by atoms with Crippen molar-refractivity contribution < 1.29 is 23.5 Å². The summed E-state index contributed by atoms with van der Waals surface area (Å²) in [6, 6.07) is 9.99. The molecule has 35 heavy (non-hydrogen) atoms. The molecule has 11 nitrogen and oxygen atoms in total. The third-order valence-electron chi connectivity index (χ3n) is 5.47. The van der Waals surface area contributed by atoms with Crippen molar-refractivity contribution >= 4 is 17.5 Å². The molecule has 1 amide bonds. The van der Waals surface area contributed by atoms with Crippen LogP contribution in [-0.4, -0.2) is 58.0 Å². The first-order valence-corrected chi connectivity index (χ1v) is 10.8. The van der Waals surface area contributed by atoms with Crippen molar-refractivity contribution in [3.63, 3.8) is 0 Å². The summed E-state index contributed by atoms with van der Waals surface area (Å²) in [5.74, 6) is -0.485. The maximum Gasteiger partial charge on any atom is 0.414 e. The molecule has 4 heterocycles. The highest BCUT2D eigenvalue weighted by molar-refractivity contribution is 5.90. The Balaban J connectivity index is 1.25. The third-order valence-corrected chi connectivity index (χ3v) is 5.47. The number of hydrogen-bond acceptors (Lipinski definition) is 9. The molecule has 12 heteroatoms. The molecule has 0 radical (unpaired) electrons. The average molecular weight is 477 g/mol. The van der Waals surface area contributed by atoms with E-state index in [4.69, 9.17) is 19.6 Å². The molecule has 1 N–H and O–H groups in total. The van der Waals surface area contributed by atoms with E-state index in [0.717, 1.165) is 0 Å². The summed E-state index contributed by atoms with van der Waals surface area (Å²) in [7, 11) is 0. The number of carbonyl (C=O) groups excluding carboxylic acids is 1. The number of hydroxylamine groups is 1. The fourth-order valence-electron chi connectivity index (χ4n) is 3.82. The Hall–Kier alpha value is -4.34. The van der Waals surface area contributed by atoms with Gasteiger partial charge in [-0.05, 0) is 30.3 Å². The lowest BCUT2D eigenvalue weighted by atomic mass is 10.1. The summed E-state index contributed by atoms with van der Waals surface area (Å²) in [6.45, 7) is 0.875. The topological polar surface area (TPSA) is 127 Å². The van der Waals surface area contributed by atoms with Crippen molar-refractivity contribution in [3.05, 3.63) is 66.5 Å². The monoisotopic (exact) mass is 477 g/mol. The van der Waals surface area contributed by atoms with Gasteiger partial charge in [-0.25, -0.2) is 13.9 Å². The van der Waals surface area contributed by atoms with Gasteiger partial charge in [0.25, 0.3) is 0 Å². The van der Waals surface area contributed by atoms with Crippen LogP contribution in [0.2, 0.25) is 0 Å². The van der Waals surface area contributed by atoms with Crippen molar-refractivity contribution in [2.75, 3.05) is 24.7 Å². The lowest BCUT2D eigenvalue weighted by Crippen LogP contribution is -2.26. The van der Waals surface area contributed by atoms with Gasteiger partial charge in [0.2, 0.25) is 0 Å². The number of pyridine rings is 1. The van der Waals surface area contributed by atoms with Crippen molar-refractivity contribution in [1.29, 1.82) is 5.26 Å². The van der Waals surface area contributed by atoms with Crippen LogP contribution in [0.5, 0.6) is 0 Å². The SMILES string of the molecule is N#CCOC[C@@H]1C=C(c2ccc(-c3ccc(N4C[C@H](Cn5ccnn5)OC4=O)cc3F)cn2)NO1. The number of amides is 1. The molecular formula is C23H20FN7O4. The zero-order valence-corrected chi connectivity index (χ0v) is 18.4. The standard InChI is InChI=1S/C23H20FN7O4/c24-20-9-16(31-13-18(34-23(31)32)12-30-7-6-27-29-30)2-3-19(20)15-1-4-21(26-11-15)22-10-17(35-28-22)14-33-8-5-25/h1-4,6-7,9-11,17-18,28H,8,12-14H2/t17-,18-/m0/s1. The van der Waals surface area contributed by atoms with Crippen LogP contribution in [0, 0.1) is 17.1 Å². The van der Waals surface area contributed by atoms with Crippen LogP contribution in [0.3, 0.4) is 0 Å². The number of halogens is 1. The highest BCUT2D eigenvalue weighted by Crippen LogP contribution is 2.29. The Bertz CT molecular complexity index is 1270. The van der Waals surface area contributed by atoms with Gasteiger partial charge >= 0.3 is 6.09 Å². The fourth-order valence-corrected chi connectivity index (χ4v) is 3.82. The number of nitriles is 1. The second kappa shape index (κ2) is 9.88. The predicted molar refractivity (Wildman–Crippen MR) is 120 cm³/mol. The first kappa shape index (κ1) is 22.5. The zero-order chi connectivity index (χ0) is 24.2. The number of benzene rings is 1. The van der Waals surface area contributed by atoms with Gasteiger partial charge in [-0.3, -0.25) is 20.2 Å². The fraction of sp³-hybridized carbons (Fsp3) is 0.261. The molecule has 2 aliphatic rings. The van der Waals surface area contributed by atoms with Crippen LogP contribution in [0.15, 0.2) is 55.0 Å². The molecule has 0 unspecified atom stereocenters. The average Bonchev–Trinajstić information content (AvgIpc) is 3.62. The minimum Gasteiger partial charge on any atom is -0.442 e. The molecule has 2 atom stereocenters. The summed E-state index contributed by atoms with van der Waals surface area (Å²) in [6.07, 6.45) is 5.31. The molecule has 2 aromatic heterocycles. The molecule has 3 aromatic rings. The maximum atomic E-state index is 15.0. The largest absolute Gasteiger partial charge is 0.442 e. The Morgan fingerprint density at radius 2 is 2.23 bits per heavy atom. The molecule has 1 saturated heterocycles. The second-order valence-electron chi connectivity index (χ2n) is 7.85. The molecule has 1 fully saturated rings. The highest BCUT2D eigenvalue weighted by atomic mass is 19.1. The second-order valence-corrected chi connectivity index (χ2v) is 7.85. The number of aromatic nitrogens is 4. The van der Waals surface area contributed by atoms with Crippen molar-refractivity contribution in [2.24, 2.45) is 0 Å². The number of hydrogen-bond donors (Lipinski definition) is 1. The number of rotatable bonds is 8. The summed E-state index contributed by atoms with van der Waals surface area (Å²) < 4.78 is 27.1. The van der Waals surface area contributed by atoms with Crippen LogP contribution in [-0.2, 0) is 20.9 Å². The lowest BCUT2D eigenvalue weighted by Gasteiger charge is -2.14. The van der Waals surface area contributed by atoms with Crippen LogP contribution in [0.25, 0.3) is 16.8 Å². The van der Waals surface area contributed by atoms with E-state index < -0.39 is 18.0 Å². The van der Waals surface area contributed by atoms with Crippen LogP contribution < -0.4 is 10.4 Å². The van der Waals surface area contributed by atoms with E-state index in [-0.39, 0.29) is 25.9 Å². The molecule has 5 rings (SSSR count). The number of anilines is 1. The van der Waals surface area contributed by atoms with Crippen LogP contribution in [0.1, 0.15) is 5.69 Å². The third kappa shape index (κ3) is 4.96. The van der Waals surface area contributed by atoms with E-state index in [1.165, 1.54) is 11.0 Å². The summed E-state index contributed by atoms with van der Waals surface area (Å²) in [5.41, 5.74) is 5.40. The maximum absolute atomic E-state index is 15.0. The first-order valence-electron chi connectivity index (χ1n) is 10.8. The van der Waals surface area contributed by atoms with Gasteiger partial charge in [0.1, 0.15) is 24.6 Å². The first-order chi connectivity index (χ1) is 17.1. The van der Waals surface area contributed by atoms with E-state index in [2.05, 4.69) is 20.8 Å². The molecular weight excluding hydrogens is 457 g/mol. The normalized spacial score (nSPS) is 19.3. The van der Waals surface area contributed by atoms with Gasteiger partial charge in [0, 0.05) is 23.5 Å². The predicted octanol–water partition coefficient (Wildman–Crippen LogP) is 2.29. The van der Waals surface area contributed by atoms with E-state index in [1.54, 1.807) is 53.6 Å². The molecule has 178 valence electrons. The van der Waals surface area contributed by atoms with Gasteiger partial charge in [0.15, 0.2) is 0 Å². The minimum absolute atomic E-state index is 0.0111. The van der Waals surface area contributed by atoms with Crippen molar-refractivity contribution in [3.8, 4) is 17.2 Å².